The zero-order chi connectivity index (χ0) is 13.8. The fourth-order valence-electron chi connectivity index (χ4n) is 1.75. The summed E-state index contributed by atoms with van der Waals surface area (Å²) in [5, 5.41) is 9.24. The molecule has 0 bridgehead atoms. The van der Waals surface area contributed by atoms with Crippen molar-refractivity contribution in [3.8, 4) is 12.0 Å². The number of amides is 1. The first-order chi connectivity index (χ1) is 9.19. The summed E-state index contributed by atoms with van der Waals surface area (Å²) in [6, 6.07) is 5.61. The summed E-state index contributed by atoms with van der Waals surface area (Å²) >= 11 is 0. The Morgan fingerprint density at radius 2 is 2.21 bits per heavy atom. The molecular formula is C13H13N3O3. The number of hydrogen-bond donors (Lipinski definition) is 1. The minimum Gasteiger partial charge on any atom is -0.443 e. The zero-order valence-corrected chi connectivity index (χ0v) is 10.6. The number of rotatable bonds is 4. The zero-order valence-electron chi connectivity index (χ0n) is 10.6. The lowest BCUT2D eigenvalue weighted by Crippen LogP contribution is -2.24. The monoisotopic (exact) mass is 259 g/mol. The summed E-state index contributed by atoms with van der Waals surface area (Å²) < 4.78 is 7.15. The van der Waals surface area contributed by atoms with Crippen molar-refractivity contribution in [2.45, 2.75) is 13.8 Å². The van der Waals surface area contributed by atoms with Crippen molar-refractivity contribution in [1.29, 1.82) is 5.26 Å². The molecule has 0 saturated heterocycles. The van der Waals surface area contributed by atoms with E-state index in [1.807, 2.05) is 6.07 Å². The lowest BCUT2D eigenvalue weighted by Gasteiger charge is -2.02. The van der Waals surface area contributed by atoms with Gasteiger partial charge in [-0.1, -0.05) is 0 Å². The Morgan fingerprint density at radius 3 is 2.79 bits per heavy atom. The molecule has 0 unspecified atom stereocenters. The van der Waals surface area contributed by atoms with E-state index in [0.717, 1.165) is 0 Å². The van der Waals surface area contributed by atoms with Gasteiger partial charge in [0.25, 0.3) is 5.91 Å². The van der Waals surface area contributed by atoms with Crippen molar-refractivity contribution in [2.75, 3.05) is 6.61 Å². The normalized spacial score (nSPS) is 10.2. The van der Waals surface area contributed by atoms with Crippen molar-refractivity contribution in [1.82, 2.24) is 10.0 Å². The van der Waals surface area contributed by atoms with E-state index >= 15 is 0 Å². The number of aromatic nitrogens is 1. The fraction of sp³-hybridized carbons (Fsp3) is 0.231. The molecule has 2 rings (SSSR count). The summed E-state index contributed by atoms with van der Waals surface area (Å²) in [4.78, 5) is 16.8. The highest BCUT2D eigenvalue weighted by Gasteiger charge is 2.24. The summed E-state index contributed by atoms with van der Waals surface area (Å²) in [7, 11) is 0. The van der Waals surface area contributed by atoms with Crippen LogP contribution in [0.5, 0.6) is 0 Å². The highest BCUT2D eigenvalue weighted by molar-refractivity contribution is 5.97. The lowest BCUT2D eigenvalue weighted by atomic mass is 10.1. The summed E-state index contributed by atoms with van der Waals surface area (Å²) in [5.41, 5.74) is 2.64. The molecule has 6 nitrogen and oxygen atoms in total. The van der Waals surface area contributed by atoms with Crippen molar-refractivity contribution in [2.24, 2.45) is 0 Å². The Bertz CT molecular complexity index is 620. The van der Waals surface area contributed by atoms with Crippen molar-refractivity contribution in [3.05, 3.63) is 41.4 Å². The first kappa shape index (κ1) is 12.9. The van der Waals surface area contributed by atoms with Gasteiger partial charge < -0.3 is 4.42 Å². The number of nitriles is 1. The van der Waals surface area contributed by atoms with E-state index in [9.17, 15) is 10.1 Å². The van der Waals surface area contributed by atoms with E-state index in [-0.39, 0.29) is 11.1 Å². The second-order valence-electron chi connectivity index (χ2n) is 3.78. The molecule has 0 aliphatic rings. The van der Waals surface area contributed by atoms with Gasteiger partial charge in [0.1, 0.15) is 23.0 Å². The maximum absolute atomic E-state index is 11.9. The average molecular weight is 259 g/mol. The Balaban J connectivity index is 2.46. The molecule has 0 aliphatic carbocycles. The third-order valence-electron chi connectivity index (χ3n) is 2.55. The van der Waals surface area contributed by atoms with Crippen LogP contribution in [0.4, 0.5) is 0 Å². The van der Waals surface area contributed by atoms with Gasteiger partial charge in [-0.15, -0.1) is 0 Å². The van der Waals surface area contributed by atoms with Gasteiger partial charge in [-0.3, -0.25) is 14.2 Å². The van der Waals surface area contributed by atoms with Gasteiger partial charge in [-0.25, -0.2) is 5.48 Å². The molecule has 0 atom stereocenters. The van der Waals surface area contributed by atoms with Crippen LogP contribution in [0.1, 0.15) is 28.6 Å². The molecule has 0 aromatic carbocycles. The molecule has 0 radical (unpaired) electrons. The molecule has 0 saturated carbocycles. The van der Waals surface area contributed by atoms with Gasteiger partial charge in [-0.05, 0) is 26.0 Å². The minimum atomic E-state index is -0.488. The highest BCUT2D eigenvalue weighted by atomic mass is 16.6. The van der Waals surface area contributed by atoms with Crippen LogP contribution in [-0.4, -0.2) is 17.1 Å². The number of nitrogens with one attached hydrogen (secondary N) is 1. The lowest BCUT2D eigenvalue weighted by molar-refractivity contribution is 0.0363. The maximum atomic E-state index is 11.9. The average Bonchev–Trinajstić information content (AvgIpc) is 3.02. The van der Waals surface area contributed by atoms with E-state index in [4.69, 9.17) is 9.25 Å². The highest BCUT2D eigenvalue weighted by Crippen LogP contribution is 2.25. The van der Waals surface area contributed by atoms with Crippen molar-refractivity contribution in [3.63, 3.8) is 0 Å². The number of hydrogen-bond acceptors (Lipinski definition) is 4. The van der Waals surface area contributed by atoms with Crippen LogP contribution in [0.15, 0.2) is 28.9 Å². The Hall–Kier alpha value is -2.52. The van der Waals surface area contributed by atoms with Crippen molar-refractivity contribution < 1.29 is 14.0 Å². The molecule has 0 spiro atoms. The Morgan fingerprint density at radius 1 is 1.53 bits per heavy atom. The molecule has 0 aliphatic heterocycles. The van der Waals surface area contributed by atoms with Crippen LogP contribution in [0, 0.1) is 18.3 Å². The quantitative estimate of drug-likeness (QED) is 0.851. The van der Waals surface area contributed by atoms with Gasteiger partial charge in [-0.2, -0.15) is 5.26 Å². The van der Waals surface area contributed by atoms with E-state index in [1.165, 1.54) is 0 Å². The maximum Gasteiger partial charge on any atom is 0.279 e. The number of hydroxylamine groups is 1. The molecule has 19 heavy (non-hydrogen) atoms. The first-order valence-corrected chi connectivity index (χ1v) is 5.78. The predicted octanol–water partition coefficient (Wildman–Crippen LogP) is 1.93. The van der Waals surface area contributed by atoms with Gasteiger partial charge in [0.05, 0.1) is 6.61 Å². The van der Waals surface area contributed by atoms with Gasteiger partial charge in [0.15, 0.2) is 0 Å². The van der Waals surface area contributed by atoms with Gasteiger partial charge in [0, 0.05) is 12.4 Å². The molecule has 2 aromatic rings. The van der Waals surface area contributed by atoms with Gasteiger partial charge >= 0.3 is 0 Å². The number of furan rings is 1. The van der Waals surface area contributed by atoms with Crippen LogP contribution >= 0.6 is 0 Å². The Kier molecular flexibility index (Phi) is 3.68. The molecular weight excluding hydrogens is 246 g/mol. The van der Waals surface area contributed by atoms with E-state index in [1.54, 1.807) is 42.9 Å². The van der Waals surface area contributed by atoms with E-state index in [2.05, 4.69) is 5.48 Å². The van der Waals surface area contributed by atoms with E-state index < -0.39 is 5.91 Å². The van der Waals surface area contributed by atoms with Crippen LogP contribution in [0.2, 0.25) is 0 Å². The number of aryl methyl sites for hydroxylation is 1. The molecule has 2 aromatic heterocycles. The van der Waals surface area contributed by atoms with Crippen LogP contribution in [-0.2, 0) is 4.84 Å². The second-order valence-corrected chi connectivity index (χ2v) is 3.78. The molecule has 6 heteroatoms. The third kappa shape index (κ3) is 2.37. The minimum absolute atomic E-state index is 0.186. The van der Waals surface area contributed by atoms with Crippen LogP contribution in [0.3, 0.4) is 0 Å². The molecule has 1 amide bonds. The molecule has 0 fully saturated rings. The summed E-state index contributed by atoms with van der Waals surface area (Å²) in [6.07, 6.45) is 3.48. The topological polar surface area (TPSA) is 80.2 Å². The fourth-order valence-corrected chi connectivity index (χ4v) is 1.75. The second kappa shape index (κ2) is 5.42. The standard InChI is InChI=1S/C13H13N3O3/c1-3-18-15-12(17)11-9(2)19-13(10(11)8-14)16-6-4-5-7-16/h4-7H,3H2,1-2H3,(H,15,17). The summed E-state index contributed by atoms with van der Waals surface area (Å²) in [5.74, 6) is 0.210. The Labute approximate surface area is 110 Å². The first-order valence-electron chi connectivity index (χ1n) is 5.78. The number of nitrogens with zero attached hydrogens (tertiary/aromatic N) is 2. The smallest absolute Gasteiger partial charge is 0.279 e. The third-order valence-corrected chi connectivity index (χ3v) is 2.55. The van der Waals surface area contributed by atoms with Crippen molar-refractivity contribution >= 4 is 5.91 Å². The number of carbonyl (C=O) groups is 1. The van der Waals surface area contributed by atoms with E-state index in [0.29, 0.717) is 18.3 Å². The number of carbonyl (C=O) groups excluding carboxylic acids is 1. The molecule has 1 N–H and O–H groups in total. The van der Waals surface area contributed by atoms with Crippen LogP contribution < -0.4 is 5.48 Å². The van der Waals surface area contributed by atoms with Gasteiger partial charge in [0.2, 0.25) is 5.88 Å². The largest absolute Gasteiger partial charge is 0.443 e. The molecule has 98 valence electrons. The van der Waals surface area contributed by atoms with Crippen LogP contribution in [0.25, 0.3) is 5.88 Å². The predicted molar refractivity (Wildman–Crippen MR) is 66.6 cm³/mol. The summed E-state index contributed by atoms with van der Waals surface area (Å²) in [6.45, 7) is 3.72. The molecule has 2 heterocycles. The SMILES string of the molecule is CCONC(=O)c1c(C)oc(-n2cccc2)c1C#N.